The highest BCUT2D eigenvalue weighted by molar-refractivity contribution is 8.90. The van der Waals surface area contributed by atoms with E-state index in [1.165, 1.54) is 0 Å². The highest BCUT2D eigenvalue weighted by atomic mass is 33.5. The predicted molar refractivity (Wildman–Crippen MR) is 43.8 cm³/mol. The summed E-state index contributed by atoms with van der Waals surface area (Å²) in [4.78, 5) is 0. The predicted octanol–water partition coefficient (Wildman–Crippen LogP) is 0.706. The van der Waals surface area contributed by atoms with Crippen LogP contribution in [0.4, 0.5) is 0 Å². The van der Waals surface area contributed by atoms with Crippen molar-refractivity contribution in [1.82, 2.24) is 12.3 Å². The van der Waals surface area contributed by atoms with Gasteiger partial charge in [-0.3, -0.25) is 0 Å². The molecule has 0 aliphatic rings. The summed E-state index contributed by atoms with van der Waals surface area (Å²) < 4.78 is 8.10. The van der Waals surface area contributed by atoms with E-state index >= 15 is 0 Å². The van der Waals surface area contributed by atoms with Crippen molar-refractivity contribution in [1.29, 1.82) is 0 Å². The summed E-state index contributed by atoms with van der Waals surface area (Å²) >= 11 is 11.7. The fourth-order valence-corrected chi connectivity index (χ4v) is 0. The summed E-state index contributed by atoms with van der Waals surface area (Å²) in [6.45, 7) is -2.31. The fourth-order valence-electron chi connectivity index (χ4n) is 0. The van der Waals surface area contributed by atoms with Crippen LogP contribution in [0.2, 0.25) is 0 Å². The van der Waals surface area contributed by atoms with Gasteiger partial charge >= 0.3 is 0 Å². The van der Waals surface area contributed by atoms with Crippen LogP contribution in [0, 0.1) is 0 Å². The van der Waals surface area contributed by atoms with E-state index in [0.29, 0.717) is 0 Å². The third-order valence-electron chi connectivity index (χ3n) is 0. The van der Waals surface area contributed by atoms with Crippen LogP contribution in [0.3, 0.4) is 0 Å². The molecule has 0 spiro atoms. The van der Waals surface area contributed by atoms with Crippen LogP contribution < -0.4 is 12.3 Å². The Morgan fingerprint density at radius 3 is 1.29 bits per heavy atom. The summed E-state index contributed by atoms with van der Waals surface area (Å²) in [5, 5.41) is 0. The lowest BCUT2D eigenvalue weighted by atomic mass is 14.0. The largest absolute Gasteiger partial charge is 0.344 e. The zero-order chi connectivity index (χ0) is 4.50. The molecular weight excluding hydrogens is 172 g/mol. The molecule has 0 bridgehead atoms. The molecule has 0 saturated carbocycles. The highest BCUT2D eigenvalue weighted by Crippen LogP contribution is 1.85. The molecule has 7 heavy (non-hydrogen) atoms. The van der Waals surface area contributed by atoms with E-state index in [-0.39, 0.29) is 12.3 Å². The minimum Gasteiger partial charge on any atom is -0.344 e. The van der Waals surface area contributed by atoms with Gasteiger partial charge in [-0.25, -0.2) is 0 Å². The van der Waals surface area contributed by atoms with Crippen LogP contribution in [0.15, 0.2) is 0 Å². The molecular formula is H8N2OS4. The van der Waals surface area contributed by atoms with Crippen molar-refractivity contribution in [3.8, 4) is 0 Å². The van der Waals surface area contributed by atoms with Gasteiger partial charge in [0.2, 0.25) is 0 Å². The van der Waals surface area contributed by atoms with Crippen molar-refractivity contribution in [3.63, 3.8) is 0 Å². The SMILES string of the molecule is N.N.OS(=S)(=S)S. The van der Waals surface area contributed by atoms with Crippen molar-refractivity contribution in [2.75, 3.05) is 0 Å². The summed E-state index contributed by atoms with van der Waals surface area (Å²) in [7, 11) is 0. The van der Waals surface area contributed by atoms with Gasteiger partial charge in [-0.05, 0) is 22.4 Å². The van der Waals surface area contributed by atoms with Crippen molar-refractivity contribution in [2.45, 2.75) is 0 Å². The number of rotatable bonds is 0. The van der Waals surface area contributed by atoms with Crippen LogP contribution in [-0.4, -0.2) is 4.55 Å². The summed E-state index contributed by atoms with van der Waals surface area (Å²) in [5.41, 5.74) is 0. The van der Waals surface area contributed by atoms with Gasteiger partial charge in [0, 0.05) is 0 Å². The Morgan fingerprint density at radius 2 is 1.29 bits per heavy atom. The van der Waals surface area contributed by atoms with E-state index in [1.54, 1.807) is 0 Å². The molecule has 0 radical (unpaired) electrons. The fraction of sp³-hybridized carbons (Fsp3) is 0. The van der Waals surface area contributed by atoms with Crippen LogP contribution in [0.25, 0.3) is 0 Å². The third-order valence-corrected chi connectivity index (χ3v) is 0. The number of thiol groups is 1. The Hall–Kier alpha value is 1.02. The van der Waals surface area contributed by atoms with E-state index in [9.17, 15) is 0 Å². The average molecular weight is 180 g/mol. The molecule has 0 rings (SSSR count). The molecule has 0 aromatic heterocycles. The first-order valence-electron chi connectivity index (χ1n) is 0.698. The van der Waals surface area contributed by atoms with E-state index in [4.69, 9.17) is 4.55 Å². The van der Waals surface area contributed by atoms with E-state index in [2.05, 4.69) is 34.0 Å². The molecule has 0 atom stereocenters. The number of hydrogen-bond acceptors (Lipinski definition) is 4. The second-order valence-corrected chi connectivity index (χ2v) is 7.94. The molecule has 0 fully saturated rings. The van der Waals surface area contributed by atoms with Gasteiger partial charge in [0.25, 0.3) is 0 Å². The van der Waals surface area contributed by atoms with Crippen molar-refractivity contribution in [3.05, 3.63) is 0 Å². The summed E-state index contributed by atoms with van der Waals surface area (Å²) in [6.07, 6.45) is 0. The molecule has 7 heteroatoms. The molecule has 7 N–H and O–H groups in total. The summed E-state index contributed by atoms with van der Waals surface area (Å²) in [5.74, 6) is 0. The maximum atomic E-state index is 8.10. The maximum absolute atomic E-state index is 8.10. The van der Waals surface area contributed by atoms with Crippen LogP contribution in [0.1, 0.15) is 0 Å². The lowest BCUT2D eigenvalue weighted by molar-refractivity contribution is 0.668. The Bertz CT molecular complexity index is 92.9. The topological polar surface area (TPSA) is 90.2 Å². The van der Waals surface area contributed by atoms with Gasteiger partial charge in [-0.1, -0.05) is 11.7 Å². The molecule has 0 heterocycles. The van der Waals surface area contributed by atoms with E-state index in [1.807, 2.05) is 0 Å². The van der Waals surface area contributed by atoms with Crippen LogP contribution in [-0.2, 0) is 28.8 Å². The molecule has 0 saturated heterocycles. The highest BCUT2D eigenvalue weighted by Gasteiger charge is 1.71. The second-order valence-electron chi connectivity index (χ2n) is 0.448. The normalized spacial score (nSPS) is 8.29. The molecule has 0 aliphatic carbocycles. The van der Waals surface area contributed by atoms with E-state index in [0.717, 1.165) is 0 Å². The molecule has 48 valence electrons. The minimum atomic E-state index is -2.31. The monoisotopic (exact) mass is 180 g/mol. The van der Waals surface area contributed by atoms with Crippen molar-refractivity contribution < 1.29 is 4.55 Å². The maximum Gasteiger partial charge on any atom is 0.0653 e. The standard InChI is InChI=1S/2H3N.H2OS4/c;;1-5(2,3)4/h2*1H3;(H2,1,2,3,4). The molecule has 0 aliphatic heterocycles. The van der Waals surface area contributed by atoms with Gasteiger partial charge in [0.1, 0.15) is 0 Å². The first-order valence-corrected chi connectivity index (χ1v) is 5.19. The first kappa shape index (κ1) is 15.7. The van der Waals surface area contributed by atoms with Crippen molar-refractivity contribution >= 4 is 40.5 Å². The minimum absolute atomic E-state index is 0. The Morgan fingerprint density at radius 1 is 1.29 bits per heavy atom. The van der Waals surface area contributed by atoms with Crippen LogP contribution >= 0.6 is 11.7 Å². The molecule has 0 aromatic carbocycles. The first-order chi connectivity index (χ1) is 2.00. The number of hydrogen-bond donors (Lipinski definition) is 4. The molecule has 0 unspecified atom stereocenters. The Labute approximate surface area is 57.5 Å². The summed E-state index contributed by atoms with van der Waals surface area (Å²) in [6, 6.07) is 0. The molecule has 0 amide bonds. The Kier molecular flexibility index (Phi) is 11.6. The van der Waals surface area contributed by atoms with E-state index < -0.39 is 6.46 Å². The van der Waals surface area contributed by atoms with Gasteiger partial charge in [-0.2, -0.15) is 0 Å². The van der Waals surface area contributed by atoms with Gasteiger partial charge in [-0.15, -0.1) is 0 Å². The van der Waals surface area contributed by atoms with Crippen LogP contribution in [0.5, 0.6) is 0 Å². The molecule has 0 aromatic rings. The zero-order valence-corrected chi connectivity index (χ0v) is 6.88. The second kappa shape index (κ2) is 5.16. The lowest BCUT2D eigenvalue weighted by Gasteiger charge is -1.77. The quantitative estimate of drug-likeness (QED) is 0.325. The smallest absolute Gasteiger partial charge is 0.0653 e. The average Bonchev–Trinajstić information content (AvgIpc) is 0.722. The van der Waals surface area contributed by atoms with Gasteiger partial charge in [0.05, 0.1) is 6.46 Å². The lowest BCUT2D eigenvalue weighted by Crippen LogP contribution is -1.71. The Balaban J connectivity index is -0.0000000800. The third kappa shape index (κ3) is 170. The zero-order valence-electron chi connectivity index (χ0n) is 3.53. The van der Waals surface area contributed by atoms with Gasteiger partial charge < -0.3 is 16.9 Å². The van der Waals surface area contributed by atoms with Gasteiger partial charge in [0.15, 0.2) is 0 Å². The van der Waals surface area contributed by atoms with Crippen molar-refractivity contribution in [2.24, 2.45) is 0 Å². The molecule has 3 nitrogen and oxygen atoms in total.